The number of pyridine rings is 2. The summed E-state index contributed by atoms with van der Waals surface area (Å²) in [5.41, 5.74) is 3.20. The number of carbonyl (C=O) groups excluding carboxylic acids is 1. The van der Waals surface area contributed by atoms with E-state index in [4.69, 9.17) is 4.52 Å². The van der Waals surface area contributed by atoms with Gasteiger partial charge in [-0.05, 0) is 31.5 Å². The quantitative estimate of drug-likeness (QED) is 0.548. The van der Waals surface area contributed by atoms with E-state index in [0.29, 0.717) is 24.5 Å². The van der Waals surface area contributed by atoms with Crippen LogP contribution in [-0.4, -0.2) is 48.6 Å². The van der Waals surface area contributed by atoms with Gasteiger partial charge in [-0.15, -0.1) is 0 Å². The molecule has 0 N–H and O–H groups in total. The summed E-state index contributed by atoms with van der Waals surface area (Å²) in [5, 5.41) is 8.49. The number of nitrogens with zero attached hydrogens (tertiary/aromatic N) is 6. The van der Waals surface area contributed by atoms with Crippen molar-refractivity contribution < 1.29 is 9.32 Å². The van der Waals surface area contributed by atoms with Gasteiger partial charge in [-0.2, -0.15) is 5.10 Å². The molecule has 1 amide bonds. The number of hydrogen-bond donors (Lipinski definition) is 0. The third-order valence-corrected chi connectivity index (χ3v) is 5.03. The molecule has 1 saturated heterocycles. The molecule has 4 aromatic heterocycles. The standard InChI is InChI=1S/C20H18N6O2/c1-13-9-17(24-28-13)20(27)25-8-6-16(11-25)19-22-18-5-4-15(12-26(18)23-19)14-3-2-7-21-10-14/h2-5,7,9-10,12,16H,6,8,11H2,1H3/t16-/m0/s1. The minimum absolute atomic E-state index is 0.109. The fraction of sp³-hybridized carbons (Fsp3) is 0.250. The molecular formula is C20H18N6O2. The Morgan fingerprint density at radius 3 is 2.96 bits per heavy atom. The first-order chi connectivity index (χ1) is 13.7. The van der Waals surface area contributed by atoms with Crippen molar-refractivity contribution >= 4 is 11.6 Å². The summed E-state index contributed by atoms with van der Waals surface area (Å²) in [6, 6.07) is 9.56. The molecule has 0 unspecified atom stereocenters. The summed E-state index contributed by atoms with van der Waals surface area (Å²) < 4.78 is 6.81. The number of amides is 1. The van der Waals surface area contributed by atoms with Crippen LogP contribution in [0.2, 0.25) is 0 Å². The van der Waals surface area contributed by atoms with Gasteiger partial charge in [-0.3, -0.25) is 9.78 Å². The molecule has 5 heterocycles. The third kappa shape index (κ3) is 2.92. The molecule has 28 heavy (non-hydrogen) atoms. The van der Waals surface area contributed by atoms with Gasteiger partial charge in [0.1, 0.15) is 5.76 Å². The smallest absolute Gasteiger partial charge is 0.276 e. The Kier molecular flexibility index (Phi) is 3.89. The minimum Gasteiger partial charge on any atom is -0.361 e. The normalized spacial score (nSPS) is 16.8. The van der Waals surface area contributed by atoms with Gasteiger partial charge < -0.3 is 9.42 Å². The molecule has 0 spiro atoms. The summed E-state index contributed by atoms with van der Waals surface area (Å²) in [7, 11) is 0. The van der Waals surface area contributed by atoms with E-state index in [9.17, 15) is 4.79 Å². The van der Waals surface area contributed by atoms with Crippen LogP contribution in [0.3, 0.4) is 0 Å². The van der Waals surface area contributed by atoms with Gasteiger partial charge in [0.25, 0.3) is 5.91 Å². The van der Waals surface area contributed by atoms with Gasteiger partial charge in [0, 0.05) is 54.8 Å². The van der Waals surface area contributed by atoms with Crippen LogP contribution in [0.25, 0.3) is 16.8 Å². The van der Waals surface area contributed by atoms with Crippen molar-refractivity contribution in [2.45, 2.75) is 19.3 Å². The van der Waals surface area contributed by atoms with E-state index in [0.717, 1.165) is 29.0 Å². The highest BCUT2D eigenvalue weighted by atomic mass is 16.5. The van der Waals surface area contributed by atoms with Crippen LogP contribution in [0.15, 0.2) is 53.4 Å². The van der Waals surface area contributed by atoms with E-state index in [-0.39, 0.29) is 11.8 Å². The number of aryl methyl sites for hydroxylation is 1. The zero-order chi connectivity index (χ0) is 19.1. The van der Waals surface area contributed by atoms with E-state index in [1.54, 1.807) is 28.6 Å². The van der Waals surface area contributed by atoms with Gasteiger partial charge >= 0.3 is 0 Å². The van der Waals surface area contributed by atoms with E-state index in [2.05, 4.69) is 20.2 Å². The lowest BCUT2D eigenvalue weighted by Gasteiger charge is -2.13. The van der Waals surface area contributed by atoms with E-state index < -0.39 is 0 Å². The molecule has 140 valence electrons. The maximum absolute atomic E-state index is 12.6. The Hall–Kier alpha value is -3.55. The highest BCUT2D eigenvalue weighted by Gasteiger charge is 2.31. The van der Waals surface area contributed by atoms with Crippen molar-refractivity contribution in [2.75, 3.05) is 13.1 Å². The first-order valence-electron chi connectivity index (χ1n) is 9.17. The topological polar surface area (TPSA) is 89.4 Å². The number of rotatable bonds is 3. The second kappa shape index (κ2) is 6.56. The number of carbonyl (C=O) groups is 1. The molecule has 1 fully saturated rings. The van der Waals surface area contributed by atoms with Gasteiger partial charge in [0.15, 0.2) is 17.2 Å². The second-order valence-corrected chi connectivity index (χ2v) is 6.99. The van der Waals surface area contributed by atoms with E-state index >= 15 is 0 Å². The molecule has 4 aromatic rings. The molecule has 0 aliphatic carbocycles. The Balaban J connectivity index is 1.37. The molecule has 5 rings (SSSR count). The van der Waals surface area contributed by atoms with Gasteiger partial charge in [-0.25, -0.2) is 9.50 Å². The first-order valence-corrected chi connectivity index (χ1v) is 9.17. The Labute approximate surface area is 160 Å². The van der Waals surface area contributed by atoms with Crippen molar-refractivity contribution in [3.63, 3.8) is 0 Å². The molecule has 1 aliphatic heterocycles. The third-order valence-electron chi connectivity index (χ3n) is 5.03. The average molecular weight is 374 g/mol. The van der Waals surface area contributed by atoms with Crippen LogP contribution in [0, 0.1) is 6.92 Å². The Bertz CT molecular complexity index is 1150. The summed E-state index contributed by atoms with van der Waals surface area (Å²) in [4.78, 5) is 23.2. The highest BCUT2D eigenvalue weighted by Crippen LogP contribution is 2.27. The van der Waals surface area contributed by atoms with Gasteiger partial charge in [0.2, 0.25) is 0 Å². The molecule has 0 aromatic carbocycles. The Morgan fingerprint density at radius 1 is 1.25 bits per heavy atom. The summed E-state index contributed by atoms with van der Waals surface area (Å²) >= 11 is 0. The summed E-state index contributed by atoms with van der Waals surface area (Å²) in [6.07, 6.45) is 6.36. The molecule has 1 aliphatic rings. The fourth-order valence-electron chi connectivity index (χ4n) is 3.56. The van der Waals surface area contributed by atoms with Crippen LogP contribution >= 0.6 is 0 Å². The van der Waals surface area contributed by atoms with Crippen molar-refractivity contribution in [1.29, 1.82) is 0 Å². The van der Waals surface area contributed by atoms with Gasteiger partial charge in [0.05, 0.1) is 0 Å². The predicted molar refractivity (Wildman–Crippen MR) is 101 cm³/mol. The maximum atomic E-state index is 12.6. The molecular weight excluding hydrogens is 356 g/mol. The highest BCUT2D eigenvalue weighted by molar-refractivity contribution is 5.92. The zero-order valence-electron chi connectivity index (χ0n) is 15.3. The summed E-state index contributed by atoms with van der Waals surface area (Å²) in [6.45, 7) is 3.01. The average Bonchev–Trinajstić information content (AvgIpc) is 3.46. The lowest BCUT2D eigenvalue weighted by molar-refractivity contribution is 0.0780. The SMILES string of the molecule is Cc1cc(C(=O)N2CC[C@H](c3nc4ccc(-c5cccnc5)cn4n3)C2)no1. The molecule has 0 saturated carbocycles. The monoisotopic (exact) mass is 374 g/mol. The molecule has 8 nitrogen and oxygen atoms in total. The minimum atomic E-state index is -0.109. The molecule has 8 heteroatoms. The lowest BCUT2D eigenvalue weighted by Crippen LogP contribution is -2.28. The van der Waals surface area contributed by atoms with Crippen molar-refractivity contribution in [2.24, 2.45) is 0 Å². The number of aromatic nitrogens is 5. The fourth-order valence-corrected chi connectivity index (χ4v) is 3.56. The lowest BCUT2D eigenvalue weighted by atomic mass is 10.1. The van der Waals surface area contributed by atoms with Crippen LogP contribution in [0.5, 0.6) is 0 Å². The molecule has 0 radical (unpaired) electrons. The largest absolute Gasteiger partial charge is 0.361 e. The number of likely N-dealkylation sites (tertiary alicyclic amines) is 1. The predicted octanol–water partition coefficient (Wildman–Crippen LogP) is 2.72. The number of hydrogen-bond acceptors (Lipinski definition) is 6. The van der Waals surface area contributed by atoms with Crippen LogP contribution in [0.1, 0.15) is 34.4 Å². The van der Waals surface area contributed by atoms with Crippen LogP contribution < -0.4 is 0 Å². The maximum Gasteiger partial charge on any atom is 0.276 e. The van der Waals surface area contributed by atoms with Crippen molar-refractivity contribution in [3.05, 3.63) is 66.2 Å². The molecule has 1 atom stereocenters. The first kappa shape index (κ1) is 16.6. The second-order valence-electron chi connectivity index (χ2n) is 6.99. The van der Waals surface area contributed by atoms with Gasteiger partial charge in [-0.1, -0.05) is 11.2 Å². The zero-order valence-corrected chi connectivity index (χ0v) is 15.3. The van der Waals surface area contributed by atoms with Crippen LogP contribution in [-0.2, 0) is 0 Å². The number of fused-ring (bicyclic) bond motifs is 1. The summed E-state index contributed by atoms with van der Waals surface area (Å²) in [5.74, 6) is 1.39. The van der Waals surface area contributed by atoms with Crippen molar-refractivity contribution in [1.82, 2.24) is 29.6 Å². The van der Waals surface area contributed by atoms with Crippen LogP contribution in [0.4, 0.5) is 0 Å². The van der Waals surface area contributed by atoms with E-state index in [1.165, 1.54) is 0 Å². The van der Waals surface area contributed by atoms with Crippen molar-refractivity contribution in [3.8, 4) is 11.1 Å². The molecule has 0 bridgehead atoms. The Morgan fingerprint density at radius 2 is 2.18 bits per heavy atom. The van der Waals surface area contributed by atoms with E-state index in [1.807, 2.05) is 36.7 Å².